The molecule has 1 aromatic carbocycles. The summed E-state index contributed by atoms with van der Waals surface area (Å²) in [5.41, 5.74) is 0.744. The van der Waals surface area contributed by atoms with Crippen molar-refractivity contribution in [1.82, 2.24) is 10.6 Å². The molecule has 2 N–H and O–H groups in total. The third-order valence-corrected chi connectivity index (χ3v) is 3.95. The van der Waals surface area contributed by atoms with Gasteiger partial charge in [0.2, 0.25) is 5.91 Å². The number of carbonyl (C=O) groups is 1. The number of benzene rings is 1. The lowest BCUT2D eigenvalue weighted by molar-refractivity contribution is -0.123. The Labute approximate surface area is 117 Å². The number of fused-ring (bicyclic) bond motifs is 1. The van der Waals surface area contributed by atoms with Crippen molar-refractivity contribution in [2.75, 3.05) is 13.2 Å². The van der Waals surface area contributed by atoms with E-state index in [2.05, 4.69) is 10.6 Å². The van der Waals surface area contributed by atoms with Gasteiger partial charge in [0, 0.05) is 5.56 Å². The summed E-state index contributed by atoms with van der Waals surface area (Å²) in [7, 11) is 0. The Morgan fingerprint density at radius 1 is 1.35 bits per heavy atom. The normalized spacial score (nSPS) is 25.4. The van der Waals surface area contributed by atoms with E-state index >= 15 is 0 Å². The molecule has 4 nitrogen and oxygen atoms in total. The fraction of sp³-hybridized carbons (Fsp3) is 0.533. The molecule has 0 aliphatic carbocycles. The predicted octanol–water partition coefficient (Wildman–Crippen LogP) is 1.91. The highest BCUT2D eigenvalue weighted by Gasteiger charge is 2.28. The highest BCUT2D eigenvalue weighted by Crippen LogP contribution is 2.33. The van der Waals surface area contributed by atoms with Gasteiger partial charge in [-0.2, -0.15) is 0 Å². The summed E-state index contributed by atoms with van der Waals surface area (Å²) < 4.78 is 19.3. The molecule has 1 saturated heterocycles. The Balaban J connectivity index is 1.79. The molecule has 20 heavy (non-hydrogen) atoms. The highest BCUT2D eigenvalue weighted by molar-refractivity contribution is 5.82. The molecule has 2 heterocycles. The van der Waals surface area contributed by atoms with Crippen LogP contribution in [0.3, 0.4) is 0 Å². The van der Waals surface area contributed by atoms with E-state index in [0.29, 0.717) is 6.61 Å². The third kappa shape index (κ3) is 2.63. The van der Waals surface area contributed by atoms with Crippen LogP contribution >= 0.6 is 0 Å². The van der Waals surface area contributed by atoms with E-state index in [0.717, 1.165) is 37.8 Å². The maximum Gasteiger partial charge on any atom is 0.237 e. The van der Waals surface area contributed by atoms with Crippen LogP contribution in [0.15, 0.2) is 18.2 Å². The van der Waals surface area contributed by atoms with Crippen LogP contribution in [0.4, 0.5) is 4.39 Å². The minimum Gasteiger partial charge on any atom is -0.490 e. The quantitative estimate of drug-likeness (QED) is 0.869. The average molecular weight is 278 g/mol. The van der Waals surface area contributed by atoms with Crippen LogP contribution in [0.25, 0.3) is 0 Å². The van der Waals surface area contributed by atoms with Crippen LogP contribution in [0.1, 0.15) is 37.3 Å². The minimum absolute atomic E-state index is 0.00427. The van der Waals surface area contributed by atoms with Crippen molar-refractivity contribution in [2.45, 2.75) is 37.8 Å². The Kier molecular flexibility index (Phi) is 3.87. The summed E-state index contributed by atoms with van der Waals surface area (Å²) in [4.78, 5) is 12.2. The summed E-state index contributed by atoms with van der Waals surface area (Å²) in [6.07, 6.45) is 3.47. The van der Waals surface area contributed by atoms with Gasteiger partial charge in [0.1, 0.15) is 0 Å². The van der Waals surface area contributed by atoms with Crippen molar-refractivity contribution in [3.63, 3.8) is 0 Å². The van der Waals surface area contributed by atoms with E-state index in [1.807, 2.05) is 6.07 Å². The lowest BCUT2D eigenvalue weighted by atomic mass is 10.0. The molecule has 2 atom stereocenters. The molecule has 1 fully saturated rings. The molecule has 1 amide bonds. The standard InChI is InChI=1S/C15H19FN2O2/c16-11-5-1-4-10-12(7-3-9-20-14(10)11)18-15(19)13-6-2-8-17-13/h1,4-5,12-13,17H,2-3,6-9H2,(H,18,19)/t12-,13+/m1/s1. The third-order valence-electron chi connectivity index (χ3n) is 3.95. The van der Waals surface area contributed by atoms with Crippen LogP contribution in [-0.4, -0.2) is 25.1 Å². The Morgan fingerprint density at radius 2 is 2.25 bits per heavy atom. The summed E-state index contributed by atoms with van der Waals surface area (Å²) in [6, 6.07) is 4.60. The summed E-state index contributed by atoms with van der Waals surface area (Å²) >= 11 is 0. The van der Waals surface area contributed by atoms with E-state index in [1.54, 1.807) is 6.07 Å². The predicted molar refractivity (Wildman–Crippen MR) is 73.0 cm³/mol. The monoisotopic (exact) mass is 278 g/mol. The highest BCUT2D eigenvalue weighted by atomic mass is 19.1. The lowest BCUT2D eigenvalue weighted by Gasteiger charge is -2.20. The van der Waals surface area contributed by atoms with Gasteiger partial charge in [-0.25, -0.2) is 4.39 Å². The van der Waals surface area contributed by atoms with E-state index in [-0.39, 0.29) is 29.6 Å². The zero-order chi connectivity index (χ0) is 13.9. The second-order valence-electron chi connectivity index (χ2n) is 5.36. The lowest BCUT2D eigenvalue weighted by Crippen LogP contribution is -2.42. The van der Waals surface area contributed by atoms with Crippen LogP contribution in [0.5, 0.6) is 5.75 Å². The van der Waals surface area contributed by atoms with Crippen molar-refractivity contribution < 1.29 is 13.9 Å². The number of carbonyl (C=O) groups excluding carboxylic acids is 1. The number of para-hydroxylation sites is 1. The first-order chi connectivity index (χ1) is 9.75. The van der Waals surface area contributed by atoms with Gasteiger partial charge in [0.25, 0.3) is 0 Å². The Bertz CT molecular complexity index is 501. The van der Waals surface area contributed by atoms with Crippen LogP contribution < -0.4 is 15.4 Å². The molecular weight excluding hydrogens is 259 g/mol. The van der Waals surface area contributed by atoms with Gasteiger partial charge in [0.05, 0.1) is 18.7 Å². The molecule has 0 unspecified atom stereocenters. The molecule has 0 aromatic heterocycles. The summed E-state index contributed by atoms with van der Waals surface area (Å²) in [5.74, 6) is -0.0677. The van der Waals surface area contributed by atoms with Gasteiger partial charge in [-0.3, -0.25) is 4.79 Å². The summed E-state index contributed by atoms with van der Waals surface area (Å²) in [5, 5.41) is 6.22. The SMILES string of the molecule is O=C(N[C@@H]1CCCOc2c(F)cccc21)[C@@H]1CCCN1. The van der Waals surface area contributed by atoms with E-state index in [9.17, 15) is 9.18 Å². The van der Waals surface area contributed by atoms with Gasteiger partial charge in [-0.15, -0.1) is 0 Å². The molecule has 2 aliphatic heterocycles. The number of halogens is 1. The second kappa shape index (κ2) is 5.79. The molecule has 1 aromatic rings. The maximum absolute atomic E-state index is 13.8. The van der Waals surface area contributed by atoms with Gasteiger partial charge >= 0.3 is 0 Å². The van der Waals surface area contributed by atoms with Crippen molar-refractivity contribution in [3.8, 4) is 5.75 Å². The van der Waals surface area contributed by atoms with E-state index in [4.69, 9.17) is 4.74 Å². The maximum atomic E-state index is 13.8. The van der Waals surface area contributed by atoms with Crippen LogP contribution in [0, 0.1) is 5.82 Å². The molecule has 0 spiro atoms. The number of nitrogens with one attached hydrogen (secondary N) is 2. The van der Waals surface area contributed by atoms with Crippen molar-refractivity contribution in [1.29, 1.82) is 0 Å². The fourth-order valence-corrected chi connectivity index (χ4v) is 2.90. The fourth-order valence-electron chi connectivity index (χ4n) is 2.90. The molecule has 0 radical (unpaired) electrons. The van der Waals surface area contributed by atoms with Gasteiger partial charge in [0.15, 0.2) is 11.6 Å². The van der Waals surface area contributed by atoms with Crippen LogP contribution in [-0.2, 0) is 4.79 Å². The molecule has 0 saturated carbocycles. The zero-order valence-corrected chi connectivity index (χ0v) is 11.3. The van der Waals surface area contributed by atoms with Crippen molar-refractivity contribution in [2.24, 2.45) is 0 Å². The van der Waals surface area contributed by atoms with Crippen molar-refractivity contribution in [3.05, 3.63) is 29.6 Å². The Hall–Kier alpha value is -1.62. The molecule has 0 bridgehead atoms. The molecule has 3 rings (SSSR count). The average Bonchev–Trinajstić information content (AvgIpc) is 2.90. The molecule has 5 heteroatoms. The number of hydrogen-bond acceptors (Lipinski definition) is 3. The largest absolute Gasteiger partial charge is 0.490 e. The van der Waals surface area contributed by atoms with Gasteiger partial charge in [-0.1, -0.05) is 12.1 Å². The number of hydrogen-bond donors (Lipinski definition) is 2. The Morgan fingerprint density at radius 3 is 3.05 bits per heavy atom. The number of amides is 1. The minimum atomic E-state index is -0.359. The first-order valence-corrected chi connectivity index (χ1v) is 7.20. The molecular formula is C15H19FN2O2. The smallest absolute Gasteiger partial charge is 0.237 e. The summed E-state index contributed by atoms with van der Waals surface area (Å²) in [6.45, 7) is 1.37. The van der Waals surface area contributed by atoms with Gasteiger partial charge < -0.3 is 15.4 Å². The van der Waals surface area contributed by atoms with Gasteiger partial charge in [-0.05, 0) is 38.3 Å². The first kappa shape index (κ1) is 13.4. The molecule has 108 valence electrons. The van der Waals surface area contributed by atoms with E-state index < -0.39 is 0 Å². The topological polar surface area (TPSA) is 50.4 Å². The second-order valence-corrected chi connectivity index (χ2v) is 5.36. The number of rotatable bonds is 2. The molecule has 2 aliphatic rings. The zero-order valence-electron chi connectivity index (χ0n) is 11.3. The van der Waals surface area contributed by atoms with E-state index in [1.165, 1.54) is 6.07 Å². The first-order valence-electron chi connectivity index (χ1n) is 7.20. The van der Waals surface area contributed by atoms with Crippen molar-refractivity contribution >= 4 is 5.91 Å². The number of ether oxygens (including phenoxy) is 1. The van der Waals surface area contributed by atoms with Crippen LogP contribution in [0.2, 0.25) is 0 Å².